The van der Waals surface area contributed by atoms with Crippen LogP contribution in [0.25, 0.3) is 10.8 Å². The fourth-order valence-corrected chi connectivity index (χ4v) is 2.72. The van der Waals surface area contributed by atoms with Crippen molar-refractivity contribution in [1.29, 1.82) is 0 Å². The third-order valence-electron chi connectivity index (χ3n) is 4.10. The van der Waals surface area contributed by atoms with Crippen molar-refractivity contribution < 1.29 is 4.79 Å². The van der Waals surface area contributed by atoms with Gasteiger partial charge in [-0.15, -0.1) is 0 Å². The van der Waals surface area contributed by atoms with E-state index >= 15 is 0 Å². The largest absolute Gasteiger partial charge is 0.352 e. The average molecular weight is 321 g/mol. The van der Waals surface area contributed by atoms with Gasteiger partial charge in [-0.3, -0.25) is 9.59 Å². The second-order valence-corrected chi connectivity index (χ2v) is 5.80. The lowest BCUT2D eigenvalue weighted by atomic mass is 10.1. The Morgan fingerprint density at radius 3 is 2.50 bits per heavy atom. The standard InChI is InChI=1S/C19H19N3O2/c1-13-7-3-4-8-14(13)12-20-18(23)11-17-15-9-5-6-10-16(15)19(24)22(2)21-17/h3-10H,11-12H2,1-2H3,(H,20,23). The molecule has 1 amide bonds. The van der Waals surface area contributed by atoms with Crippen molar-refractivity contribution in [3.05, 3.63) is 75.7 Å². The summed E-state index contributed by atoms with van der Waals surface area (Å²) in [4.78, 5) is 24.4. The number of aryl methyl sites for hydroxylation is 2. The number of aromatic nitrogens is 2. The molecule has 5 heteroatoms. The molecule has 1 aromatic heterocycles. The van der Waals surface area contributed by atoms with E-state index in [0.717, 1.165) is 16.5 Å². The molecule has 2 aromatic carbocycles. The Morgan fingerprint density at radius 2 is 1.75 bits per heavy atom. The van der Waals surface area contributed by atoms with Crippen molar-refractivity contribution in [3.8, 4) is 0 Å². The van der Waals surface area contributed by atoms with Gasteiger partial charge < -0.3 is 5.32 Å². The van der Waals surface area contributed by atoms with Gasteiger partial charge in [0.25, 0.3) is 5.56 Å². The fraction of sp³-hybridized carbons (Fsp3) is 0.211. The second-order valence-electron chi connectivity index (χ2n) is 5.80. The Labute approximate surface area is 139 Å². The van der Waals surface area contributed by atoms with Gasteiger partial charge in [0.2, 0.25) is 5.91 Å². The zero-order valence-electron chi connectivity index (χ0n) is 13.7. The SMILES string of the molecule is Cc1ccccc1CNC(=O)Cc1nn(C)c(=O)c2ccccc12. The normalized spacial score (nSPS) is 10.8. The second kappa shape index (κ2) is 6.66. The summed E-state index contributed by atoms with van der Waals surface area (Å²) in [6.07, 6.45) is 0.139. The number of carbonyl (C=O) groups excluding carboxylic acids is 1. The molecule has 0 unspecified atom stereocenters. The van der Waals surface area contributed by atoms with Crippen LogP contribution in [0.2, 0.25) is 0 Å². The van der Waals surface area contributed by atoms with Gasteiger partial charge in [0.1, 0.15) is 0 Å². The van der Waals surface area contributed by atoms with E-state index in [4.69, 9.17) is 0 Å². The van der Waals surface area contributed by atoms with Gasteiger partial charge in [-0.2, -0.15) is 5.10 Å². The minimum atomic E-state index is -0.158. The van der Waals surface area contributed by atoms with E-state index in [9.17, 15) is 9.59 Å². The average Bonchev–Trinajstić information content (AvgIpc) is 2.59. The molecular formula is C19H19N3O2. The first-order valence-corrected chi connectivity index (χ1v) is 7.82. The summed E-state index contributed by atoms with van der Waals surface area (Å²) in [5.74, 6) is -0.116. The Hall–Kier alpha value is -2.95. The van der Waals surface area contributed by atoms with Gasteiger partial charge in [0.15, 0.2) is 0 Å². The van der Waals surface area contributed by atoms with Gasteiger partial charge in [-0.05, 0) is 24.1 Å². The zero-order valence-corrected chi connectivity index (χ0v) is 13.7. The quantitative estimate of drug-likeness (QED) is 0.800. The summed E-state index contributed by atoms with van der Waals surface area (Å²) >= 11 is 0. The highest BCUT2D eigenvalue weighted by Crippen LogP contribution is 2.13. The number of benzene rings is 2. The summed E-state index contributed by atoms with van der Waals surface area (Å²) in [7, 11) is 1.60. The smallest absolute Gasteiger partial charge is 0.274 e. The number of fused-ring (bicyclic) bond motifs is 1. The van der Waals surface area contributed by atoms with Crippen LogP contribution < -0.4 is 10.9 Å². The van der Waals surface area contributed by atoms with Crippen molar-refractivity contribution in [1.82, 2.24) is 15.1 Å². The topological polar surface area (TPSA) is 64.0 Å². The van der Waals surface area contributed by atoms with Crippen molar-refractivity contribution in [2.45, 2.75) is 19.9 Å². The highest BCUT2D eigenvalue weighted by molar-refractivity contribution is 5.88. The molecule has 0 fully saturated rings. The number of hydrogen-bond donors (Lipinski definition) is 1. The van der Waals surface area contributed by atoms with E-state index in [2.05, 4.69) is 10.4 Å². The molecule has 3 aromatic rings. The van der Waals surface area contributed by atoms with Crippen molar-refractivity contribution >= 4 is 16.7 Å². The zero-order chi connectivity index (χ0) is 17.1. The maximum absolute atomic E-state index is 12.3. The van der Waals surface area contributed by atoms with Crippen molar-refractivity contribution in [2.75, 3.05) is 0 Å². The molecule has 122 valence electrons. The summed E-state index contributed by atoms with van der Waals surface area (Å²) < 4.78 is 1.28. The Morgan fingerprint density at radius 1 is 1.08 bits per heavy atom. The van der Waals surface area contributed by atoms with E-state index in [1.807, 2.05) is 49.4 Å². The Balaban J connectivity index is 1.80. The first-order chi connectivity index (χ1) is 11.6. The van der Waals surface area contributed by atoms with Gasteiger partial charge in [0.05, 0.1) is 17.5 Å². The van der Waals surface area contributed by atoms with Gasteiger partial charge in [-0.25, -0.2) is 4.68 Å². The molecule has 0 aliphatic heterocycles. The summed E-state index contributed by atoms with van der Waals surface area (Å²) in [6.45, 7) is 2.50. The van der Waals surface area contributed by atoms with Crippen LogP contribution in [0.1, 0.15) is 16.8 Å². The molecule has 24 heavy (non-hydrogen) atoms. The highest BCUT2D eigenvalue weighted by Gasteiger charge is 2.12. The number of hydrogen-bond acceptors (Lipinski definition) is 3. The minimum absolute atomic E-state index is 0.116. The predicted octanol–water partition coefficient (Wildman–Crippen LogP) is 2.10. The molecule has 0 bridgehead atoms. The van der Waals surface area contributed by atoms with E-state index < -0.39 is 0 Å². The van der Waals surface area contributed by atoms with Crippen LogP contribution in [-0.4, -0.2) is 15.7 Å². The van der Waals surface area contributed by atoms with E-state index in [1.54, 1.807) is 13.1 Å². The van der Waals surface area contributed by atoms with E-state index in [1.165, 1.54) is 4.68 Å². The third-order valence-corrected chi connectivity index (χ3v) is 4.10. The lowest BCUT2D eigenvalue weighted by Gasteiger charge is -2.10. The van der Waals surface area contributed by atoms with Crippen LogP contribution in [0.3, 0.4) is 0 Å². The van der Waals surface area contributed by atoms with E-state index in [-0.39, 0.29) is 17.9 Å². The maximum Gasteiger partial charge on any atom is 0.274 e. The molecule has 0 spiro atoms. The van der Waals surface area contributed by atoms with Crippen LogP contribution in [0.5, 0.6) is 0 Å². The fourth-order valence-electron chi connectivity index (χ4n) is 2.72. The number of nitrogens with one attached hydrogen (secondary N) is 1. The molecule has 0 aliphatic carbocycles. The number of amides is 1. The van der Waals surface area contributed by atoms with Crippen molar-refractivity contribution in [2.24, 2.45) is 7.05 Å². The van der Waals surface area contributed by atoms with Crippen LogP contribution in [-0.2, 0) is 24.8 Å². The van der Waals surface area contributed by atoms with Crippen LogP contribution in [0, 0.1) is 6.92 Å². The highest BCUT2D eigenvalue weighted by atomic mass is 16.1. The van der Waals surface area contributed by atoms with Gasteiger partial charge in [-0.1, -0.05) is 42.5 Å². The molecule has 1 N–H and O–H groups in total. The summed E-state index contributed by atoms with van der Waals surface area (Å²) in [5.41, 5.74) is 2.68. The summed E-state index contributed by atoms with van der Waals surface area (Å²) in [5, 5.41) is 8.49. The Bertz CT molecular complexity index is 960. The number of rotatable bonds is 4. The molecule has 0 aliphatic rings. The summed E-state index contributed by atoms with van der Waals surface area (Å²) in [6, 6.07) is 15.2. The van der Waals surface area contributed by atoms with Crippen molar-refractivity contribution in [3.63, 3.8) is 0 Å². The Kier molecular flexibility index (Phi) is 4.42. The molecule has 0 radical (unpaired) electrons. The molecule has 0 saturated carbocycles. The minimum Gasteiger partial charge on any atom is -0.352 e. The van der Waals surface area contributed by atoms with E-state index in [0.29, 0.717) is 17.6 Å². The molecular weight excluding hydrogens is 302 g/mol. The predicted molar refractivity (Wildman–Crippen MR) is 93.7 cm³/mol. The first kappa shape index (κ1) is 15.9. The number of carbonyl (C=O) groups is 1. The lowest BCUT2D eigenvalue weighted by Crippen LogP contribution is -2.28. The van der Waals surface area contributed by atoms with Crippen LogP contribution in [0.15, 0.2) is 53.3 Å². The molecule has 3 rings (SSSR count). The molecule has 5 nitrogen and oxygen atoms in total. The van der Waals surface area contributed by atoms with Crippen LogP contribution >= 0.6 is 0 Å². The lowest BCUT2D eigenvalue weighted by molar-refractivity contribution is -0.120. The molecule has 0 saturated heterocycles. The maximum atomic E-state index is 12.3. The van der Waals surface area contributed by atoms with Gasteiger partial charge in [0, 0.05) is 19.0 Å². The first-order valence-electron chi connectivity index (χ1n) is 7.82. The molecule has 0 atom stereocenters. The molecule has 1 heterocycles. The van der Waals surface area contributed by atoms with Crippen LogP contribution in [0.4, 0.5) is 0 Å². The third kappa shape index (κ3) is 3.20. The van der Waals surface area contributed by atoms with Gasteiger partial charge >= 0.3 is 0 Å². The monoisotopic (exact) mass is 321 g/mol. The number of nitrogens with zero attached hydrogens (tertiary/aromatic N) is 2.